The molecule has 1 fully saturated rings. The zero-order valence-electron chi connectivity index (χ0n) is 15.9. The molecule has 8 heteroatoms. The van der Waals surface area contributed by atoms with Crippen LogP contribution in [-0.2, 0) is 9.59 Å². The number of carboxylic acids is 1. The summed E-state index contributed by atoms with van der Waals surface area (Å²) in [5.41, 5.74) is 0. The number of hydrogen-bond acceptors (Lipinski definition) is 7. The number of carbonyl (C=O) groups excluding carboxylic acids is 2. The minimum Gasteiger partial charge on any atom is -0.549 e. The van der Waals surface area contributed by atoms with E-state index in [1.165, 1.54) is 0 Å². The van der Waals surface area contributed by atoms with Crippen LogP contribution in [0.4, 0.5) is 0 Å². The van der Waals surface area contributed by atoms with Crippen molar-refractivity contribution in [2.75, 3.05) is 78.5 Å². The molecule has 0 aromatic rings. The molecule has 1 aliphatic rings. The van der Waals surface area contributed by atoms with Crippen LogP contribution in [0.5, 0.6) is 0 Å². The van der Waals surface area contributed by atoms with E-state index < -0.39 is 5.97 Å². The van der Waals surface area contributed by atoms with Crippen molar-refractivity contribution in [3.8, 4) is 0 Å². The van der Waals surface area contributed by atoms with Gasteiger partial charge in [-0.2, -0.15) is 0 Å². The maximum Gasteiger partial charge on any atom is 3.00 e. The Balaban J connectivity index is 0.00000576. The van der Waals surface area contributed by atoms with Crippen LogP contribution in [0, 0.1) is 39.9 Å². The van der Waals surface area contributed by atoms with Crippen LogP contribution < -0.4 is 5.11 Å². The molecule has 0 aliphatic carbocycles. The molecule has 1 aliphatic heterocycles. The summed E-state index contributed by atoms with van der Waals surface area (Å²) in [5.74, 6) is -0.894. The predicted octanol–water partition coefficient (Wildman–Crippen LogP) is -1.41. The van der Waals surface area contributed by atoms with Gasteiger partial charge in [0, 0.05) is 58.9 Å². The van der Waals surface area contributed by atoms with Crippen molar-refractivity contribution in [1.82, 2.24) is 19.6 Å². The van der Waals surface area contributed by atoms with Gasteiger partial charge in [-0.1, -0.05) is 13.8 Å². The topological polar surface area (TPSA) is 70.2 Å². The summed E-state index contributed by atoms with van der Waals surface area (Å²) in [6.07, 6.45) is 0. The molecule has 0 amide bonds. The summed E-state index contributed by atoms with van der Waals surface area (Å²) >= 11 is 0. The van der Waals surface area contributed by atoms with Crippen molar-refractivity contribution in [2.45, 2.75) is 20.8 Å². The SMILES string of the molecule is CCN1CCN(CC)CCN(CC(=O)[O-])CCN(CC(C)=O)CC1.[Gd+3]. The molecule has 0 spiro atoms. The van der Waals surface area contributed by atoms with Crippen LogP contribution in [0.15, 0.2) is 0 Å². The zero-order chi connectivity index (χ0) is 17.9. The molecule has 0 atom stereocenters. The molecule has 1 rings (SSSR count). The summed E-state index contributed by atoms with van der Waals surface area (Å²) in [4.78, 5) is 31.3. The molecule has 0 bridgehead atoms. The molecule has 1 heterocycles. The van der Waals surface area contributed by atoms with Gasteiger partial charge in [-0.05, 0) is 20.0 Å². The average Bonchev–Trinajstić information content (AvgIpc) is 2.52. The first-order valence-corrected chi connectivity index (χ1v) is 9.03. The summed E-state index contributed by atoms with van der Waals surface area (Å²) < 4.78 is 0. The molecule has 0 N–H and O–H groups in total. The van der Waals surface area contributed by atoms with Crippen LogP contribution in [0.25, 0.3) is 0 Å². The number of Topliss-reactive ketones (excluding diaryl/α,β-unsaturated/α-hetero) is 1. The van der Waals surface area contributed by atoms with Gasteiger partial charge < -0.3 is 19.7 Å². The van der Waals surface area contributed by atoms with Crippen molar-refractivity contribution in [1.29, 1.82) is 0 Å². The van der Waals surface area contributed by atoms with Gasteiger partial charge in [0.25, 0.3) is 0 Å². The van der Waals surface area contributed by atoms with Gasteiger partial charge in [-0.3, -0.25) is 14.6 Å². The second-order valence-corrected chi connectivity index (χ2v) is 6.49. The smallest absolute Gasteiger partial charge is 0.549 e. The molecule has 0 aromatic carbocycles. The number of likely N-dealkylation sites (N-methyl/N-ethyl adjacent to an activating group) is 2. The number of ketones is 1. The standard InChI is InChI=1S/C17H34N4O3.Gd/c1-4-18-6-7-19(5-2)9-11-21(15-17(23)24)13-12-20(10-8-18)14-16(3)22;/h4-15H2,1-3H3,(H,23,24);/q;+3/p-1. The van der Waals surface area contributed by atoms with Crippen molar-refractivity contribution in [2.24, 2.45) is 0 Å². The van der Waals surface area contributed by atoms with E-state index in [2.05, 4.69) is 28.5 Å². The first-order chi connectivity index (χ1) is 11.4. The number of nitrogens with zero attached hydrogens (tertiary/aromatic N) is 4. The molecule has 7 nitrogen and oxygen atoms in total. The van der Waals surface area contributed by atoms with Gasteiger partial charge in [-0.25, -0.2) is 0 Å². The molecule has 1 saturated heterocycles. The second kappa shape index (κ2) is 14.4. The van der Waals surface area contributed by atoms with E-state index in [-0.39, 0.29) is 52.3 Å². The molecule has 25 heavy (non-hydrogen) atoms. The van der Waals surface area contributed by atoms with Crippen LogP contribution in [0.3, 0.4) is 0 Å². The van der Waals surface area contributed by atoms with E-state index in [0.29, 0.717) is 26.2 Å². The summed E-state index contributed by atoms with van der Waals surface area (Å²) in [5, 5.41) is 11.0. The number of carbonyl (C=O) groups is 2. The Kier molecular flexibility index (Phi) is 14.5. The fourth-order valence-electron chi connectivity index (χ4n) is 3.02. The Hall–Kier alpha value is 0.305. The second-order valence-electron chi connectivity index (χ2n) is 6.49. The van der Waals surface area contributed by atoms with Gasteiger partial charge in [-0.15, -0.1) is 0 Å². The van der Waals surface area contributed by atoms with Gasteiger partial charge >= 0.3 is 39.9 Å². The van der Waals surface area contributed by atoms with Gasteiger partial charge in [0.05, 0.1) is 12.5 Å². The van der Waals surface area contributed by atoms with E-state index in [1.54, 1.807) is 6.92 Å². The van der Waals surface area contributed by atoms with E-state index in [1.807, 2.05) is 4.90 Å². The molecule has 0 unspecified atom stereocenters. The normalized spacial score (nSPS) is 20.3. The quantitative estimate of drug-likeness (QED) is 0.446. The summed E-state index contributed by atoms with van der Waals surface area (Å²) in [6.45, 7) is 14.9. The molecular weight excluding hydrogens is 465 g/mol. The maximum atomic E-state index is 11.5. The van der Waals surface area contributed by atoms with Crippen LogP contribution >= 0.6 is 0 Å². The average molecular weight is 499 g/mol. The van der Waals surface area contributed by atoms with E-state index in [4.69, 9.17) is 0 Å². The Morgan fingerprint density at radius 2 is 1.04 bits per heavy atom. The van der Waals surface area contributed by atoms with E-state index >= 15 is 0 Å². The molecule has 145 valence electrons. The summed E-state index contributed by atoms with van der Waals surface area (Å²) in [6, 6.07) is 0. The first-order valence-electron chi connectivity index (χ1n) is 9.03. The fourth-order valence-corrected chi connectivity index (χ4v) is 3.02. The largest absolute Gasteiger partial charge is 3.00 e. The Bertz CT molecular complexity index is 362. The van der Waals surface area contributed by atoms with E-state index in [9.17, 15) is 14.7 Å². The van der Waals surface area contributed by atoms with Crippen molar-refractivity contribution in [3.63, 3.8) is 0 Å². The minimum atomic E-state index is -1.04. The van der Waals surface area contributed by atoms with Crippen molar-refractivity contribution >= 4 is 11.8 Å². The van der Waals surface area contributed by atoms with Gasteiger partial charge in [0.1, 0.15) is 5.78 Å². The van der Waals surface area contributed by atoms with Crippen LogP contribution in [0.1, 0.15) is 20.8 Å². The third kappa shape index (κ3) is 11.6. The zero-order valence-corrected chi connectivity index (χ0v) is 18.1. The Labute approximate surface area is 184 Å². The number of aliphatic carboxylic acids is 1. The molecule has 0 saturated carbocycles. The number of rotatable bonds is 6. The third-order valence-electron chi connectivity index (χ3n) is 4.62. The fraction of sp³-hybridized carbons (Fsp3) is 0.882. The third-order valence-corrected chi connectivity index (χ3v) is 4.62. The minimum absolute atomic E-state index is 0. The molecule has 1 radical (unpaired) electrons. The van der Waals surface area contributed by atoms with Crippen molar-refractivity contribution < 1.29 is 54.6 Å². The van der Waals surface area contributed by atoms with Gasteiger partial charge in [0.2, 0.25) is 0 Å². The number of carboxylic acid groups (broad SMARTS) is 1. The van der Waals surface area contributed by atoms with Gasteiger partial charge in [0.15, 0.2) is 0 Å². The first kappa shape index (κ1) is 25.3. The van der Waals surface area contributed by atoms with Crippen LogP contribution in [0.2, 0.25) is 0 Å². The summed E-state index contributed by atoms with van der Waals surface area (Å²) in [7, 11) is 0. The molecule has 0 aromatic heterocycles. The van der Waals surface area contributed by atoms with Crippen molar-refractivity contribution in [3.05, 3.63) is 0 Å². The number of hydrogen-bond donors (Lipinski definition) is 0. The Morgan fingerprint density at radius 3 is 1.32 bits per heavy atom. The Morgan fingerprint density at radius 1 is 0.720 bits per heavy atom. The van der Waals surface area contributed by atoms with Crippen LogP contribution in [-0.4, -0.2) is 110 Å². The predicted molar refractivity (Wildman–Crippen MR) is 92.8 cm³/mol. The monoisotopic (exact) mass is 499 g/mol. The molecular formula is C17H33GdN4O3+2. The maximum absolute atomic E-state index is 11.5. The van der Waals surface area contributed by atoms with E-state index in [0.717, 1.165) is 45.8 Å².